The number of ether oxygens (including phenoxy) is 2. The number of methoxy groups -OCH3 is 1. The maximum Gasteiger partial charge on any atom is 0.343 e. The molecule has 0 bridgehead atoms. The van der Waals surface area contributed by atoms with Crippen molar-refractivity contribution in [3.05, 3.63) is 29.3 Å². The number of hydrogen-bond donors (Lipinski definition) is 0. The van der Waals surface area contributed by atoms with Crippen molar-refractivity contribution in [1.82, 2.24) is 0 Å². The molecule has 0 atom stereocenters. The van der Waals surface area contributed by atoms with Crippen molar-refractivity contribution in [1.29, 1.82) is 0 Å². The zero-order valence-corrected chi connectivity index (χ0v) is 8.79. The molecular weight excluding hydrogens is 192 g/mol. The first-order chi connectivity index (χ1) is 7.31. The van der Waals surface area contributed by atoms with E-state index in [2.05, 4.69) is 10.8 Å². The summed E-state index contributed by atoms with van der Waals surface area (Å²) in [4.78, 5) is 10.9. The fraction of sp³-hybridized carbons (Fsp3) is 0.417. The number of rotatable bonds is 3. The van der Waals surface area contributed by atoms with Crippen molar-refractivity contribution in [2.75, 3.05) is 13.7 Å². The smallest absolute Gasteiger partial charge is 0.343 e. The molecule has 0 amide bonds. The first-order valence-corrected chi connectivity index (χ1v) is 5.11. The number of carbonyl (C=O) groups excluding carboxylic acids is 1. The molecule has 1 aromatic carbocycles. The standard InChI is InChI=1S/C12H14O3/c1-14-12(13)8-15-11-7-3-5-9-4-2-6-10(9)11/h3,5,7H,2,4,6,8H2,1H3. The molecule has 0 unspecified atom stereocenters. The monoisotopic (exact) mass is 206 g/mol. The Balaban J connectivity index is 2.09. The largest absolute Gasteiger partial charge is 0.482 e. The quantitative estimate of drug-likeness (QED) is 0.706. The Bertz CT molecular complexity index is 371. The van der Waals surface area contributed by atoms with Gasteiger partial charge in [-0.1, -0.05) is 12.1 Å². The van der Waals surface area contributed by atoms with Crippen LogP contribution >= 0.6 is 0 Å². The van der Waals surface area contributed by atoms with Crippen LogP contribution in [0, 0.1) is 0 Å². The summed E-state index contributed by atoms with van der Waals surface area (Å²) in [7, 11) is 1.36. The van der Waals surface area contributed by atoms with Gasteiger partial charge in [0.25, 0.3) is 0 Å². The average Bonchev–Trinajstić information content (AvgIpc) is 2.74. The number of aryl methyl sites for hydroxylation is 1. The van der Waals surface area contributed by atoms with Crippen molar-refractivity contribution < 1.29 is 14.3 Å². The van der Waals surface area contributed by atoms with Gasteiger partial charge in [-0.25, -0.2) is 4.79 Å². The topological polar surface area (TPSA) is 35.5 Å². The van der Waals surface area contributed by atoms with E-state index in [1.54, 1.807) is 0 Å². The first-order valence-electron chi connectivity index (χ1n) is 5.11. The van der Waals surface area contributed by atoms with Crippen LogP contribution in [0.3, 0.4) is 0 Å². The minimum atomic E-state index is -0.342. The molecular formula is C12H14O3. The highest BCUT2D eigenvalue weighted by Gasteiger charge is 2.15. The predicted octanol–water partition coefficient (Wildman–Crippen LogP) is 1.73. The van der Waals surface area contributed by atoms with Gasteiger partial charge in [0, 0.05) is 0 Å². The van der Waals surface area contributed by atoms with Crippen LogP contribution in [-0.2, 0) is 22.4 Å². The van der Waals surface area contributed by atoms with E-state index in [9.17, 15) is 4.79 Å². The first kappa shape index (κ1) is 10.0. The number of hydrogen-bond acceptors (Lipinski definition) is 3. The normalized spacial score (nSPS) is 13.4. The molecule has 0 heterocycles. The zero-order chi connectivity index (χ0) is 10.7. The molecule has 3 nitrogen and oxygen atoms in total. The van der Waals surface area contributed by atoms with Crippen LogP contribution in [0.25, 0.3) is 0 Å². The highest BCUT2D eigenvalue weighted by Crippen LogP contribution is 2.30. The van der Waals surface area contributed by atoms with Crippen molar-refractivity contribution in [3.8, 4) is 5.75 Å². The molecule has 0 radical (unpaired) electrons. The van der Waals surface area contributed by atoms with Crippen LogP contribution in [0.1, 0.15) is 17.5 Å². The minimum absolute atomic E-state index is 0.00699. The third kappa shape index (κ3) is 2.12. The lowest BCUT2D eigenvalue weighted by atomic mass is 10.1. The summed E-state index contributed by atoms with van der Waals surface area (Å²) in [6.07, 6.45) is 3.34. The van der Waals surface area contributed by atoms with Gasteiger partial charge in [-0.2, -0.15) is 0 Å². The Morgan fingerprint density at radius 2 is 2.27 bits per heavy atom. The van der Waals surface area contributed by atoms with Gasteiger partial charge in [-0.05, 0) is 36.5 Å². The summed E-state index contributed by atoms with van der Waals surface area (Å²) in [5.74, 6) is 0.487. The second-order valence-electron chi connectivity index (χ2n) is 3.61. The van der Waals surface area contributed by atoms with Crippen molar-refractivity contribution in [2.24, 2.45) is 0 Å². The lowest BCUT2D eigenvalue weighted by Gasteiger charge is -2.09. The molecule has 80 valence electrons. The number of esters is 1. The average molecular weight is 206 g/mol. The number of carbonyl (C=O) groups is 1. The second kappa shape index (κ2) is 4.34. The Kier molecular flexibility index (Phi) is 2.90. The SMILES string of the molecule is COC(=O)COc1cccc2c1CCC2. The molecule has 1 aliphatic carbocycles. The molecule has 0 N–H and O–H groups in total. The fourth-order valence-corrected chi connectivity index (χ4v) is 1.92. The highest BCUT2D eigenvalue weighted by molar-refractivity contribution is 5.71. The fourth-order valence-electron chi connectivity index (χ4n) is 1.92. The molecule has 0 aliphatic heterocycles. The van der Waals surface area contributed by atoms with E-state index < -0.39 is 0 Å². The van der Waals surface area contributed by atoms with E-state index in [0.29, 0.717) is 0 Å². The summed E-state index contributed by atoms with van der Waals surface area (Å²) in [6.45, 7) is -0.00699. The van der Waals surface area contributed by atoms with E-state index in [1.165, 1.54) is 24.7 Å². The van der Waals surface area contributed by atoms with Crippen molar-refractivity contribution in [3.63, 3.8) is 0 Å². The summed E-state index contributed by atoms with van der Waals surface area (Å²) in [6, 6.07) is 6.00. The molecule has 0 aromatic heterocycles. The maximum atomic E-state index is 10.9. The highest BCUT2D eigenvalue weighted by atomic mass is 16.6. The van der Waals surface area contributed by atoms with Gasteiger partial charge in [0.15, 0.2) is 6.61 Å². The molecule has 0 saturated carbocycles. The Labute approximate surface area is 89.0 Å². The Hall–Kier alpha value is -1.51. The van der Waals surface area contributed by atoms with Crippen LogP contribution in [0.5, 0.6) is 5.75 Å². The van der Waals surface area contributed by atoms with Gasteiger partial charge >= 0.3 is 5.97 Å². The molecule has 1 aromatic rings. The third-order valence-electron chi connectivity index (χ3n) is 2.68. The Morgan fingerprint density at radius 1 is 1.40 bits per heavy atom. The predicted molar refractivity (Wildman–Crippen MR) is 56.0 cm³/mol. The molecule has 0 spiro atoms. The maximum absolute atomic E-state index is 10.9. The molecule has 3 heteroatoms. The molecule has 2 rings (SSSR count). The van der Waals surface area contributed by atoms with Crippen LogP contribution in [0.2, 0.25) is 0 Å². The van der Waals surface area contributed by atoms with Gasteiger partial charge in [-0.3, -0.25) is 0 Å². The third-order valence-corrected chi connectivity index (χ3v) is 2.68. The Morgan fingerprint density at radius 3 is 3.07 bits per heavy atom. The summed E-state index contributed by atoms with van der Waals surface area (Å²) >= 11 is 0. The molecule has 0 fully saturated rings. The van der Waals surface area contributed by atoms with E-state index in [0.717, 1.165) is 18.6 Å². The minimum Gasteiger partial charge on any atom is -0.482 e. The summed E-state index contributed by atoms with van der Waals surface area (Å²) in [5.41, 5.74) is 2.60. The lowest BCUT2D eigenvalue weighted by Crippen LogP contribution is -2.13. The van der Waals surface area contributed by atoms with Gasteiger partial charge in [0.1, 0.15) is 5.75 Å². The van der Waals surface area contributed by atoms with Crippen LogP contribution in [-0.4, -0.2) is 19.7 Å². The van der Waals surface area contributed by atoms with E-state index in [-0.39, 0.29) is 12.6 Å². The van der Waals surface area contributed by atoms with Gasteiger partial charge in [0.2, 0.25) is 0 Å². The van der Waals surface area contributed by atoms with Gasteiger partial charge < -0.3 is 9.47 Å². The zero-order valence-electron chi connectivity index (χ0n) is 8.79. The van der Waals surface area contributed by atoms with Gasteiger partial charge in [0.05, 0.1) is 7.11 Å². The number of benzene rings is 1. The van der Waals surface area contributed by atoms with E-state index in [4.69, 9.17) is 4.74 Å². The molecule has 1 aliphatic rings. The number of fused-ring (bicyclic) bond motifs is 1. The lowest BCUT2D eigenvalue weighted by molar-refractivity contribution is -0.142. The van der Waals surface area contributed by atoms with Crippen molar-refractivity contribution in [2.45, 2.75) is 19.3 Å². The summed E-state index contributed by atoms with van der Waals surface area (Å²) < 4.78 is 9.95. The van der Waals surface area contributed by atoms with Crippen molar-refractivity contribution >= 4 is 5.97 Å². The van der Waals surface area contributed by atoms with Gasteiger partial charge in [-0.15, -0.1) is 0 Å². The molecule has 15 heavy (non-hydrogen) atoms. The van der Waals surface area contributed by atoms with E-state index in [1.807, 2.05) is 12.1 Å². The van der Waals surface area contributed by atoms with Crippen LogP contribution in [0.4, 0.5) is 0 Å². The second-order valence-corrected chi connectivity index (χ2v) is 3.61. The summed E-state index contributed by atoms with van der Waals surface area (Å²) in [5, 5.41) is 0. The van der Waals surface area contributed by atoms with Crippen LogP contribution in [0.15, 0.2) is 18.2 Å². The van der Waals surface area contributed by atoms with E-state index >= 15 is 0 Å². The molecule has 0 saturated heterocycles. The van der Waals surface area contributed by atoms with Crippen LogP contribution < -0.4 is 4.74 Å².